The molecule has 1 N–H and O–H groups in total. The van der Waals surface area contributed by atoms with E-state index in [4.69, 9.17) is 0 Å². The smallest absolute Gasteiger partial charge is 0.248 e. The normalized spacial score (nSPS) is 11.0. The van der Waals surface area contributed by atoms with Crippen LogP contribution in [-0.2, 0) is 4.79 Å². The molecular weight excluding hydrogens is 331 g/mol. The number of rotatable bonds is 4. The highest BCUT2D eigenvalue weighted by Gasteiger charge is 2.14. The molecule has 0 atom stereocenters. The van der Waals surface area contributed by atoms with Crippen LogP contribution in [0.5, 0.6) is 0 Å². The SMILES string of the molecule is O=C(/C=C/c1cnn(-c2ccccc2)c1)Nc1ccc(F)c(F)c1F. The van der Waals surface area contributed by atoms with E-state index in [1.807, 2.05) is 30.3 Å². The second-order valence-electron chi connectivity index (χ2n) is 5.10. The van der Waals surface area contributed by atoms with Crippen LogP contribution >= 0.6 is 0 Å². The van der Waals surface area contributed by atoms with Crippen molar-refractivity contribution in [3.63, 3.8) is 0 Å². The summed E-state index contributed by atoms with van der Waals surface area (Å²) in [7, 11) is 0. The molecule has 3 aromatic rings. The van der Waals surface area contributed by atoms with Crippen molar-refractivity contribution < 1.29 is 18.0 Å². The van der Waals surface area contributed by atoms with Crippen LogP contribution in [-0.4, -0.2) is 15.7 Å². The fraction of sp³-hybridized carbons (Fsp3) is 0. The van der Waals surface area contributed by atoms with Gasteiger partial charge in [0.25, 0.3) is 0 Å². The van der Waals surface area contributed by atoms with Gasteiger partial charge in [-0.05, 0) is 30.3 Å². The van der Waals surface area contributed by atoms with Crippen LogP contribution in [0.1, 0.15) is 5.56 Å². The topological polar surface area (TPSA) is 46.9 Å². The van der Waals surface area contributed by atoms with Crippen molar-refractivity contribution in [3.05, 3.63) is 83.9 Å². The minimum atomic E-state index is -1.63. The number of para-hydroxylation sites is 1. The van der Waals surface area contributed by atoms with E-state index < -0.39 is 29.0 Å². The van der Waals surface area contributed by atoms with Gasteiger partial charge in [-0.15, -0.1) is 0 Å². The summed E-state index contributed by atoms with van der Waals surface area (Å²) in [5.41, 5.74) is 1.06. The lowest BCUT2D eigenvalue weighted by Gasteiger charge is -2.04. The van der Waals surface area contributed by atoms with E-state index in [9.17, 15) is 18.0 Å². The van der Waals surface area contributed by atoms with Gasteiger partial charge in [0.05, 0.1) is 17.6 Å². The average molecular weight is 343 g/mol. The predicted octanol–water partition coefficient (Wildman–Crippen LogP) is 3.94. The number of nitrogens with zero attached hydrogens (tertiary/aromatic N) is 2. The molecule has 25 heavy (non-hydrogen) atoms. The summed E-state index contributed by atoms with van der Waals surface area (Å²) in [6, 6.07) is 11.1. The van der Waals surface area contributed by atoms with Gasteiger partial charge in [0.1, 0.15) is 0 Å². The van der Waals surface area contributed by atoms with Crippen LogP contribution in [0.3, 0.4) is 0 Å². The van der Waals surface area contributed by atoms with Crippen molar-refractivity contribution in [2.45, 2.75) is 0 Å². The Morgan fingerprint density at radius 1 is 1.04 bits per heavy atom. The van der Waals surface area contributed by atoms with Crippen LogP contribution in [0.4, 0.5) is 18.9 Å². The van der Waals surface area contributed by atoms with Crippen LogP contribution in [0.25, 0.3) is 11.8 Å². The first-order chi connectivity index (χ1) is 12.0. The van der Waals surface area contributed by atoms with Crippen LogP contribution in [0.2, 0.25) is 0 Å². The summed E-state index contributed by atoms with van der Waals surface area (Å²) in [5.74, 6) is -5.08. The number of carbonyl (C=O) groups excluding carboxylic acids is 1. The Morgan fingerprint density at radius 2 is 1.80 bits per heavy atom. The molecule has 1 amide bonds. The summed E-state index contributed by atoms with van der Waals surface area (Å²) in [6.45, 7) is 0. The van der Waals surface area contributed by atoms with Crippen molar-refractivity contribution in [1.82, 2.24) is 9.78 Å². The second-order valence-corrected chi connectivity index (χ2v) is 5.10. The third kappa shape index (κ3) is 3.77. The van der Waals surface area contributed by atoms with E-state index in [-0.39, 0.29) is 0 Å². The molecule has 0 radical (unpaired) electrons. The number of aromatic nitrogens is 2. The number of anilines is 1. The first-order valence-corrected chi connectivity index (χ1v) is 7.27. The molecule has 2 aromatic carbocycles. The van der Waals surface area contributed by atoms with Gasteiger partial charge in [-0.3, -0.25) is 4.79 Å². The van der Waals surface area contributed by atoms with E-state index in [1.54, 1.807) is 17.1 Å². The lowest BCUT2D eigenvalue weighted by molar-refractivity contribution is -0.111. The second kappa shape index (κ2) is 7.04. The largest absolute Gasteiger partial charge is 0.320 e. The van der Waals surface area contributed by atoms with Crippen molar-refractivity contribution in [2.24, 2.45) is 0 Å². The molecule has 0 saturated carbocycles. The van der Waals surface area contributed by atoms with Crippen molar-refractivity contribution >= 4 is 17.7 Å². The van der Waals surface area contributed by atoms with Gasteiger partial charge in [-0.1, -0.05) is 18.2 Å². The highest BCUT2D eigenvalue weighted by molar-refractivity contribution is 6.01. The Balaban J connectivity index is 1.69. The van der Waals surface area contributed by atoms with E-state index in [1.165, 1.54) is 6.08 Å². The van der Waals surface area contributed by atoms with Gasteiger partial charge in [0.15, 0.2) is 17.5 Å². The molecule has 4 nitrogen and oxygen atoms in total. The van der Waals surface area contributed by atoms with Gasteiger partial charge < -0.3 is 5.32 Å². The molecule has 1 aromatic heterocycles. The highest BCUT2D eigenvalue weighted by atomic mass is 19.2. The van der Waals surface area contributed by atoms with Crippen LogP contribution < -0.4 is 5.32 Å². The van der Waals surface area contributed by atoms with Gasteiger partial charge in [-0.25, -0.2) is 17.9 Å². The van der Waals surface area contributed by atoms with Gasteiger partial charge in [0, 0.05) is 17.8 Å². The van der Waals surface area contributed by atoms with Crippen molar-refractivity contribution in [1.29, 1.82) is 0 Å². The fourth-order valence-corrected chi connectivity index (χ4v) is 2.11. The number of nitrogens with one attached hydrogen (secondary N) is 1. The molecule has 0 aliphatic heterocycles. The van der Waals surface area contributed by atoms with Crippen LogP contribution in [0, 0.1) is 17.5 Å². The molecule has 0 bridgehead atoms. The van der Waals surface area contributed by atoms with Crippen molar-refractivity contribution in [2.75, 3.05) is 5.32 Å². The molecule has 3 rings (SSSR count). The van der Waals surface area contributed by atoms with E-state index in [0.717, 1.165) is 23.9 Å². The lowest BCUT2D eigenvalue weighted by atomic mass is 10.2. The van der Waals surface area contributed by atoms with E-state index in [2.05, 4.69) is 10.4 Å². The maximum Gasteiger partial charge on any atom is 0.248 e. The van der Waals surface area contributed by atoms with E-state index >= 15 is 0 Å². The minimum Gasteiger partial charge on any atom is -0.320 e. The maximum atomic E-state index is 13.5. The molecule has 126 valence electrons. The highest BCUT2D eigenvalue weighted by Crippen LogP contribution is 2.19. The fourth-order valence-electron chi connectivity index (χ4n) is 2.11. The first-order valence-electron chi connectivity index (χ1n) is 7.27. The summed E-state index contributed by atoms with van der Waals surface area (Å²) in [6.07, 6.45) is 5.87. The lowest BCUT2D eigenvalue weighted by Crippen LogP contribution is -2.10. The molecule has 0 saturated heterocycles. The minimum absolute atomic E-state index is 0.437. The number of halogens is 3. The molecule has 0 fully saturated rings. The summed E-state index contributed by atoms with van der Waals surface area (Å²) in [4.78, 5) is 11.8. The Labute approximate surface area is 141 Å². The maximum absolute atomic E-state index is 13.5. The molecule has 0 aliphatic carbocycles. The van der Waals surface area contributed by atoms with Gasteiger partial charge in [-0.2, -0.15) is 5.10 Å². The number of amides is 1. The monoisotopic (exact) mass is 343 g/mol. The third-order valence-corrected chi connectivity index (χ3v) is 3.34. The Hall–Kier alpha value is -3.35. The molecular formula is C18H12F3N3O. The Kier molecular flexibility index (Phi) is 4.65. The Morgan fingerprint density at radius 3 is 2.56 bits per heavy atom. The van der Waals surface area contributed by atoms with Crippen LogP contribution in [0.15, 0.2) is 60.9 Å². The molecule has 0 unspecified atom stereocenters. The first kappa shape index (κ1) is 16.5. The van der Waals surface area contributed by atoms with E-state index in [0.29, 0.717) is 5.56 Å². The molecule has 7 heteroatoms. The zero-order valence-electron chi connectivity index (χ0n) is 12.8. The predicted molar refractivity (Wildman–Crippen MR) is 87.5 cm³/mol. The molecule has 0 spiro atoms. The summed E-state index contributed by atoms with van der Waals surface area (Å²) >= 11 is 0. The quantitative estimate of drug-likeness (QED) is 0.576. The number of carbonyl (C=O) groups is 1. The Bertz CT molecular complexity index is 936. The zero-order chi connectivity index (χ0) is 17.8. The van der Waals surface area contributed by atoms with Gasteiger partial charge in [0.2, 0.25) is 5.91 Å². The summed E-state index contributed by atoms with van der Waals surface area (Å²) in [5, 5.41) is 6.32. The number of benzene rings is 2. The standard InChI is InChI=1S/C18H12F3N3O/c19-14-7-8-15(18(21)17(14)20)23-16(25)9-6-12-10-22-24(11-12)13-4-2-1-3-5-13/h1-11H,(H,23,25)/b9-6+. The third-order valence-electron chi connectivity index (χ3n) is 3.34. The average Bonchev–Trinajstić information content (AvgIpc) is 3.10. The molecule has 0 aliphatic rings. The number of hydrogen-bond acceptors (Lipinski definition) is 2. The van der Waals surface area contributed by atoms with Crippen molar-refractivity contribution in [3.8, 4) is 5.69 Å². The number of hydrogen-bond donors (Lipinski definition) is 1. The zero-order valence-corrected chi connectivity index (χ0v) is 12.8. The van der Waals surface area contributed by atoms with Gasteiger partial charge >= 0.3 is 0 Å². The summed E-state index contributed by atoms with van der Waals surface area (Å²) < 4.78 is 41.1. The molecule has 1 heterocycles.